The molecule has 1 aliphatic carbocycles. The largest absolute Gasteiger partial charge is 0.491 e. The zero-order valence-electron chi connectivity index (χ0n) is 13.4. The van der Waals surface area contributed by atoms with Crippen molar-refractivity contribution in [3.05, 3.63) is 24.3 Å². The van der Waals surface area contributed by atoms with Crippen LogP contribution in [-0.4, -0.2) is 12.1 Å². The Morgan fingerprint density at radius 3 is 2.25 bits per heavy atom. The molecule has 2 nitrogen and oxygen atoms in total. The van der Waals surface area contributed by atoms with Gasteiger partial charge in [0, 0.05) is 11.7 Å². The molecule has 1 aromatic rings. The molecule has 1 saturated carbocycles. The Kier molecular flexibility index (Phi) is 5.33. The van der Waals surface area contributed by atoms with E-state index in [1.807, 2.05) is 0 Å². The third kappa shape index (κ3) is 4.16. The van der Waals surface area contributed by atoms with Crippen LogP contribution in [0.3, 0.4) is 0 Å². The smallest absolute Gasteiger partial charge is 0.119 e. The fourth-order valence-corrected chi connectivity index (χ4v) is 3.25. The number of anilines is 1. The van der Waals surface area contributed by atoms with E-state index in [0.29, 0.717) is 6.04 Å². The number of ether oxygens (including phenoxy) is 1. The molecule has 0 aliphatic heterocycles. The van der Waals surface area contributed by atoms with Crippen molar-refractivity contribution in [1.29, 1.82) is 0 Å². The van der Waals surface area contributed by atoms with E-state index < -0.39 is 0 Å². The van der Waals surface area contributed by atoms with E-state index in [1.54, 1.807) is 0 Å². The van der Waals surface area contributed by atoms with E-state index in [0.717, 1.165) is 17.6 Å². The molecule has 2 atom stereocenters. The molecule has 1 aromatic carbocycles. The average molecular weight is 275 g/mol. The van der Waals surface area contributed by atoms with Crippen LogP contribution in [0.4, 0.5) is 5.69 Å². The summed E-state index contributed by atoms with van der Waals surface area (Å²) in [5.74, 6) is 2.52. The van der Waals surface area contributed by atoms with Gasteiger partial charge >= 0.3 is 0 Å². The van der Waals surface area contributed by atoms with Gasteiger partial charge in [0.1, 0.15) is 5.75 Å². The Morgan fingerprint density at radius 2 is 1.65 bits per heavy atom. The predicted octanol–water partition coefficient (Wildman–Crippen LogP) is 5.10. The molecule has 0 heterocycles. The first-order chi connectivity index (χ1) is 9.56. The lowest BCUT2D eigenvalue weighted by atomic mass is 9.78. The van der Waals surface area contributed by atoms with E-state index >= 15 is 0 Å². The lowest BCUT2D eigenvalue weighted by Gasteiger charge is -2.35. The van der Waals surface area contributed by atoms with Gasteiger partial charge in [-0.25, -0.2) is 0 Å². The molecule has 1 N–H and O–H groups in total. The number of rotatable bonds is 5. The summed E-state index contributed by atoms with van der Waals surface area (Å²) in [6.45, 7) is 8.82. The fraction of sp³-hybridized carbons (Fsp3) is 0.667. The van der Waals surface area contributed by atoms with Crippen molar-refractivity contribution >= 4 is 5.69 Å². The van der Waals surface area contributed by atoms with Gasteiger partial charge in [0.25, 0.3) is 0 Å². The van der Waals surface area contributed by atoms with Crippen molar-refractivity contribution in [1.82, 2.24) is 0 Å². The van der Waals surface area contributed by atoms with Crippen molar-refractivity contribution in [2.24, 2.45) is 11.8 Å². The lowest BCUT2D eigenvalue weighted by Crippen LogP contribution is -2.35. The number of benzene rings is 1. The molecule has 2 rings (SSSR count). The van der Waals surface area contributed by atoms with Crippen LogP contribution in [0.15, 0.2) is 24.3 Å². The molecule has 0 radical (unpaired) electrons. The molecule has 0 saturated heterocycles. The second-order valence-electron chi connectivity index (χ2n) is 6.63. The minimum Gasteiger partial charge on any atom is -0.491 e. The van der Waals surface area contributed by atoms with Crippen molar-refractivity contribution in [2.45, 2.75) is 65.5 Å². The van der Waals surface area contributed by atoms with Crippen molar-refractivity contribution in [3.8, 4) is 5.75 Å². The maximum Gasteiger partial charge on any atom is 0.119 e. The van der Waals surface area contributed by atoms with Crippen molar-refractivity contribution < 1.29 is 4.74 Å². The van der Waals surface area contributed by atoms with Crippen LogP contribution in [0.25, 0.3) is 0 Å². The minimum atomic E-state index is 0.234. The summed E-state index contributed by atoms with van der Waals surface area (Å²) < 4.78 is 5.69. The van der Waals surface area contributed by atoms with Gasteiger partial charge in [-0.2, -0.15) is 0 Å². The zero-order valence-corrected chi connectivity index (χ0v) is 13.4. The molecule has 0 aromatic heterocycles. The summed E-state index contributed by atoms with van der Waals surface area (Å²) in [7, 11) is 0. The van der Waals surface area contributed by atoms with E-state index in [2.05, 4.69) is 57.3 Å². The highest BCUT2D eigenvalue weighted by Gasteiger charge is 2.27. The minimum absolute atomic E-state index is 0.234. The van der Waals surface area contributed by atoms with Gasteiger partial charge < -0.3 is 10.1 Å². The molecule has 1 aliphatic rings. The fourth-order valence-electron chi connectivity index (χ4n) is 3.25. The highest BCUT2D eigenvalue weighted by atomic mass is 16.5. The van der Waals surface area contributed by atoms with Crippen LogP contribution in [0, 0.1) is 11.8 Å². The van der Waals surface area contributed by atoms with E-state index in [-0.39, 0.29) is 6.10 Å². The van der Waals surface area contributed by atoms with Crippen LogP contribution >= 0.6 is 0 Å². The van der Waals surface area contributed by atoms with Gasteiger partial charge in [0.2, 0.25) is 0 Å². The first kappa shape index (κ1) is 15.2. The summed E-state index contributed by atoms with van der Waals surface area (Å²) in [5, 5.41) is 3.74. The van der Waals surface area contributed by atoms with Gasteiger partial charge in [-0.1, -0.05) is 26.7 Å². The quantitative estimate of drug-likeness (QED) is 0.807. The van der Waals surface area contributed by atoms with Crippen molar-refractivity contribution in [2.75, 3.05) is 5.32 Å². The summed E-state index contributed by atoms with van der Waals surface area (Å²) >= 11 is 0. The summed E-state index contributed by atoms with van der Waals surface area (Å²) in [6, 6.07) is 9.04. The lowest BCUT2D eigenvalue weighted by molar-refractivity contribution is 0.242. The SMILES string of the molecule is CC(C)Oc1ccc(NC2CCCCC2C(C)C)cc1. The highest BCUT2D eigenvalue weighted by molar-refractivity contribution is 5.47. The molecule has 0 amide bonds. The third-order valence-electron chi connectivity index (χ3n) is 4.25. The molecule has 20 heavy (non-hydrogen) atoms. The van der Waals surface area contributed by atoms with E-state index in [9.17, 15) is 0 Å². The Balaban J connectivity index is 1.97. The molecule has 1 fully saturated rings. The Morgan fingerprint density at radius 1 is 1.00 bits per heavy atom. The maximum atomic E-state index is 5.69. The second kappa shape index (κ2) is 7.01. The standard InChI is InChI=1S/C18H29NO/c1-13(2)17-7-5-6-8-18(17)19-15-9-11-16(12-10-15)20-14(3)4/h9-14,17-19H,5-8H2,1-4H3. The topological polar surface area (TPSA) is 21.3 Å². The van der Waals surface area contributed by atoms with Gasteiger partial charge in [-0.3, -0.25) is 0 Å². The van der Waals surface area contributed by atoms with Gasteiger partial charge in [0.15, 0.2) is 0 Å². The van der Waals surface area contributed by atoms with Crippen molar-refractivity contribution in [3.63, 3.8) is 0 Å². The maximum absolute atomic E-state index is 5.69. The normalized spacial score (nSPS) is 23.1. The first-order valence-corrected chi connectivity index (χ1v) is 8.09. The molecule has 2 heteroatoms. The summed E-state index contributed by atoms with van der Waals surface area (Å²) in [5.41, 5.74) is 1.22. The molecule has 0 spiro atoms. The Labute approximate surface area is 123 Å². The monoisotopic (exact) mass is 275 g/mol. The molecular weight excluding hydrogens is 246 g/mol. The van der Waals surface area contributed by atoms with Crippen LogP contribution in [0.1, 0.15) is 53.4 Å². The number of hydrogen-bond acceptors (Lipinski definition) is 2. The zero-order chi connectivity index (χ0) is 14.5. The molecule has 112 valence electrons. The van der Waals surface area contributed by atoms with Crippen LogP contribution < -0.4 is 10.1 Å². The Hall–Kier alpha value is -1.18. The second-order valence-corrected chi connectivity index (χ2v) is 6.63. The predicted molar refractivity (Wildman–Crippen MR) is 86.4 cm³/mol. The number of hydrogen-bond donors (Lipinski definition) is 1. The third-order valence-corrected chi connectivity index (χ3v) is 4.25. The molecular formula is C18H29NO. The van der Waals surface area contributed by atoms with Crippen LogP contribution in [0.2, 0.25) is 0 Å². The highest BCUT2D eigenvalue weighted by Crippen LogP contribution is 2.32. The summed E-state index contributed by atoms with van der Waals surface area (Å²) in [6.07, 6.45) is 5.65. The average Bonchev–Trinajstić information content (AvgIpc) is 2.41. The summed E-state index contributed by atoms with van der Waals surface area (Å²) in [4.78, 5) is 0. The van der Waals surface area contributed by atoms with E-state index in [4.69, 9.17) is 4.74 Å². The van der Waals surface area contributed by atoms with Gasteiger partial charge in [-0.05, 0) is 62.8 Å². The molecule has 0 bridgehead atoms. The Bertz CT molecular complexity index is 396. The molecule has 2 unspecified atom stereocenters. The van der Waals surface area contributed by atoms with E-state index in [1.165, 1.54) is 31.4 Å². The first-order valence-electron chi connectivity index (χ1n) is 8.09. The van der Waals surface area contributed by atoms with Crippen LogP contribution in [-0.2, 0) is 0 Å². The van der Waals surface area contributed by atoms with Gasteiger partial charge in [-0.15, -0.1) is 0 Å². The van der Waals surface area contributed by atoms with Gasteiger partial charge in [0.05, 0.1) is 6.10 Å². The number of nitrogens with one attached hydrogen (secondary N) is 1. The van der Waals surface area contributed by atoms with Crippen LogP contribution in [0.5, 0.6) is 5.75 Å².